The second-order valence-electron chi connectivity index (χ2n) is 10.7. The molecule has 1 aromatic heterocycles. The third-order valence-corrected chi connectivity index (χ3v) is 8.25. The van der Waals surface area contributed by atoms with E-state index in [1.54, 1.807) is 0 Å². The van der Waals surface area contributed by atoms with Gasteiger partial charge in [-0.2, -0.15) is 0 Å². The zero-order chi connectivity index (χ0) is 29.0. The minimum Gasteiger partial charge on any atom is -0.479 e. The Morgan fingerprint density at radius 1 is 1.18 bits per heavy atom. The number of hydrogen-bond acceptors (Lipinski definition) is 3. The Kier molecular flexibility index (Phi) is 9.54. The van der Waals surface area contributed by atoms with Crippen molar-refractivity contribution in [3.63, 3.8) is 0 Å². The number of amides is 1. The van der Waals surface area contributed by atoms with Crippen molar-refractivity contribution in [1.82, 2.24) is 9.88 Å². The van der Waals surface area contributed by atoms with Gasteiger partial charge in [-0.1, -0.05) is 67.4 Å². The molecule has 1 heterocycles. The van der Waals surface area contributed by atoms with Gasteiger partial charge < -0.3 is 19.7 Å². The number of allylic oxidation sites excluding steroid dienone is 2. The van der Waals surface area contributed by atoms with E-state index in [0.717, 1.165) is 39.7 Å². The highest BCUT2D eigenvalue weighted by Crippen LogP contribution is 2.33. The van der Waals surface area contributed by atoms with Gasteiger partial charge in [0.2, 0.25) is 0 Å². The number of halogens is 1. The number of benzene rings is 2. The molecule has 6 nitrogen and oxygen atoms in total. The van der Waals surface area contributed by atoms with Gasteiger partial charge in [0, 0.05) is 40.7 Å². The van der Waals surface area contributed by atoms with Crippen LogP contribution in [0, 0.1) is 6.92 Å². The maximum Gasteiger partial charge on any atom is 0.332 e. The summed E-state index contributed by atoms with van der Waals surface area (Å²) in [7, 11) is 2.00. The van der Waals surface area contributed by atoms with Crippen LogP contribution in [0.1, 0.15) is 78.8 Å². The first kappa shape index (κ1) is 29.6. The number of fused-ring (bicyclic) bond motifs is 1. The standard InChI is InChI=1S/C33H39ClN2O4/c1-6-7-8-23-9-11-24(12-10-23)20(2)35-32(37)25-13-15-28-29(21(3)36(5)31(28)19-25)18-26-17-27(14-16-30(26)34)40-22(4)33(38)39/h9-13,15-17,19-20,22,27H,6-8,14,18H2,1-5H3,(H,35,37)(H,38,39)/t20-,22?,27?/m0/s1. The van der Waals surface area contributed by atoms with E-state index in [0.29, 0.717) is 23.4 Å². The largest absolute Gasteiger partial charge is 0.479 e. The van der Waals surface area contributed by atoms with E-state index in [1.807, 2.05) is 44.3 Å². The summed E-state index contributed by atoms with van der Waals surface area (Å²) in [5, 5.41) is 14.1. The topological polar surface area (TPSA) is 80.6 Å². The van der Waals surface area contributed by atoms with Gasteiger partial charge in [0.25, 0.3) is 5.91 Å². The van der Waals surface area contributed by atoms with E-state index in [-0.39, 0.29) is 18.1 Å². The first-order valence-electron chi connectivity index (χ1n) is 14.0. The first-order chi connectivity index (χ1) is 19.1. The average Bonchev–Trinajstić information content (AvgIpc) is 3.17. The predicted octanol–water partition coefficient (Wildman–Crippen LogP) is 7.17. The summed E-state index contributed by atoms with van der Waals surface area (Å²) >= 11 is 6.57. The highest BCUT2D eigenvalue weighted by Gasteiger charge is 2.23. The van der Waals surface area contributed by atoms with Gasteiger partial charge in [-0.25, -0.2) is 4.79 Å². The van der Waals surface area contributed by atoms with Gasteiger partial charge in [-0.3, -0.25) is 4.79 Å². The molecule has 1 amide bonds. The zero-order valence-electron chi connectivity index (χ0n) is 24.0. The van der Waals surface area contributed by atoms with Crippen molar-refractivity contribution in [2.24, 2.45) is 7.05 Å². The molecule has 0 fully saturated rings. The monoisotopic (exact) mass is 562 g/mol. The van der Waals surface area contributed by atoms with E-state index in [1.165, 1.54) is 25.3 Å². The summed E-state index contributed by atoms with van der Waals surface area (Å²) in [5.74, 6) is -1.10. The third-order valence-electron chi connectivity index (χ3n) is 7.85. The number of carboxylic acids is 1. The van der Waals surface area contributed by atoms with Crippen LogP contribution in [0.2, 0.25) is 0 Å². The number of aliphatic carboxylic acids is 1. The molecule has 1 aliphatic rings. The molecule has 0 saturated carbocycles. The van der Waals surface area contributed by atoms with Crippen molar-refractivity contribution in [2.45, 2.75) is 78.0 Å². The SMILES string of the molecule is CCCCc1ccc([C@H](C)NC(=O)c2ccc3c(CC4=CC(OC(C)C(=O)O)CC=C4Cl)c(C)n(C)c3c2)cc1. The molecule has 0 saturated heterocycles. The van der Waals surface area contributed by atoms with E-state index >= 15 is 0 Å². The third kappa shape index (κ3) is 6.68. The smallest absolute Gasteiger partial charge is 0.332 e. The van der Waals surface area contributed by atoms with Crippen molar-refractivity contribution >= 4 is 34.4 Å². The highest BCUT2D eigenvalue weighted by molar-refractivity contribution is 6.32. The number of carbonyl (C=O) groups excluding carboxylic acids is 1. The lowest BCUT2D eigenvalue weighted by Gasteiger charge is -2.22. The minimum absolute atomic E-state index is 0.111. The van der Waals surface area contributed by atoms with Gasteiger partial charge in [0.05, 0.1) is 12.1 Å². The molecule has 0 radical (unpaired) electrons. The van der Waals surface area contributed by atoms with Gasteiger partial charge in [-0.15, -0.1) is 0 Å². The zero-order valence-corrected chi connectivity index (χ0v) is 24.7. The molecule has 2 aromatic carbocycles. The number of hydrogen-bond donors (Lipinski definition) is 2. The Morgan fingerprint density at radius 3 is 2.58 bits per heavy atom. The Labute approximate surface area is 241 Å². The van der Waals surface area contributed by atoms with Crippen molar-refractivity contribution in [1.29, 1.82) is 0 Å². The van der Waals surface area contributed by atoms with Crippen molar-refractivity contribution in [2.75, 3.05) is 0 Å². The molecule has 2 unspecified atom stereocenters. The highest BCUT2D eigenvalue weighted by atomic mass is 35.5. The second kappa shape index (κ2) is 12.9. The predicted molar refractivity (Wildman–Crippen MR) is 161 cm³/mol. The van der Waals surface area contributed by atoms with Gasteiger partial charge in [0.15, 0.2) is 6.10 Å². The maximum absolute atomic E-state index is 13.2. The summed E-state index contributed by atoms with van der Waals surface area (Å²) in [6.45, 7) is 7.79. The van der Waals surface area contributed by atoms with Crippen LogP contribution in [0.5, 0.6) is 0 Å². The fourth-order valence-electron chi connectivity index (χ4n) is 5.20. The Bertz CT molecular complexity index is 1450. The number of rotatable bonds is 11. The molecule has 3 atom stereocenters. The quantitative estimate of drug-likeness (QED) is 0.259. The first-order valence-corrected chi connectivity index (χ1v) is 14.4. The lowest BCUT2D eigenvalue weighted by atomic mass is 9.96. The fourth-order valence-corrected chi connectivity index (χ4v) is 5.41. The molecule has 0 bridgehead atoms. The van der Waals surface area contributed by atoms with Gasteiger partial charge >= 0.3 is 5.97 Å². The molecule has 0 spiro atoms. The summed E-state index contributed by atoms with van der Waals surface area (Å²) in [6.07, 6.45) is 7.12. The van der Waals surface area contributed by atoms with Crippen LogP contribution in [0.25, 0.3) is 10.9 Å². The summed E-state index contributed by atoms with van der Waals surface area (Å²) in [4.78, 5) is 24.4. The average molecular weight is 563 g/mol. The lowest BCUT2D eigenvalue weighted by Crippen LogP contribution is -2.26. The van der Waals surface area contributed by atoms with Crippen LogP contribution >= 0.6 is 11.6 Å². The molecular weight excluding hydrogens is 524 g/mol. The molecule has 4 rings (SSSR count). The maximum atomic E-state index is 13.2. The van der Waals surface area contributed by atoms with Crippen LogP contribution in [0.3, 0.4) is 0 Å². The number of aryl methyl sites for hydroxylation is 2. The van der Waals surface area contributed by atoms with Crippen LogP contribution in [0.15, 0.2) is 65.2 Å². The van der Waals surface area contributed by atoms with Crippen LogP contribution in [-0.4, -0.2) is 33.8 Å². The van der Waals surface area contributed by atoms with Crippen molar-refractivity contribution in [3.8, 4) is 0 Å². The molecule has 0 aliphatic heterocycles. The molecular formula is C33H39ClN2O4. The number of carbonyl (C=O) groups is 2. The number of unbranched alkanes of at least 4 members (excludes halogenated alkanes) is 1. The van der Waals surface area contributed by atoms with Crippen molar-refractivity contribution < 1.29 is 19.4 Å². The van der Waals surface area contributed by atoms with Gasteiger partial charge in [-0.05, 0) is 74.4 Å². The van der Waals surface area contributed by atoms with Crippen LogP contribution in [0.4, 0.5) is 0 Å². The Morgan fingerprint density at radius 2 is 1.90 bits per heavy atom. The summed E-state index contributed by atoms with van der Waals surface area (Å²) in [6, 6.07) is 14.2. The Hall–Kier alpha value is -3.35. The number of ether oxygens (including phenoxy) is 1. The molecule has 3 aromatic rings. The molecule has 2 N–H and O–H groups in total. The number of aromatic nitrogens is 1. The van der Waals surface area contributed by atoms with Gasteiger partial charge in [0.1, 0.15) is 0 Å². The molecule has 40 heavy (non-hydrogen) atoms. The van der Waals surface area contributed by atoms with Crippen molar-refractivity contribution in [3.05, 3.63) is 93.2 Å². The van der Waals surface area contributed by atoms with E-state index < -0.39 is 12.1 Å². The second-order valence-corrected chi connectivity index (χ2v) is 11.1. The molecule has 7 heteroatoms. The van der Waals surface area contributed by atoms with E-state index in [9.17, 15) is 14.7 Å². The minimum atomic E-state index is -0.991. The Balaban J connectivity index is 1.52. The molecule has 1 aliphatic carbocycles. The van der Waals surface area contributed by atoms with Crippen LogP contribution in [-0.2, 0) is 29.4 Å². The van der Waals surface area contributed by atoms with Crippen LogP contribution < -0.4 is 5.32 Å². The summed E-state index contributed by atoms with van der Waals surface area (Å²) < 4.78 is 7.79. The number of nitrogens with zero attached hydrogens (tertiary/aromatic N) is 1. The fraction of sp³-hybridized carbons (Fsp3) is 0.394. The lowest BCUT2D eigenvalue weighted by molar-refractivity contribution is -0.151. The normalized spacial score (nSPS) is 16.8. The number of nitrogens with one attached hydrogen (secondary N) is 1. The molecule has 212 valence electrons. The number of carboxylic acid groups (broad SMARTS) is 1. The van der Waals surface area contributed by atoms with E-state index in [2.05, 4.69) is 48.0 Å². The summed E-state index contributed by atoms with van der Waals surface area (Å²) in [5.41, 5.74) is 7.08. The van der Waals surface area contributed by atoms with E-state index in [4.69, 9.17) is 16.3 Å².